The molecule has 84 valence electrons. The lowest BCUT2D eigenvalue weighted by atomic mass is 9.67. The topological polar surface area (TPSA) is 3.24 Å². The average molecular weight is 197 g/mol. The number of likely N-dealkylation sites (tertiary alicyclic amines) is 1. The van der Waals surface area contributed by atoms with Crippen molar-refractivity contribution >= 4 is 0 Å². The van der Waals surface area contributed by atoms with Crippen molar-refractivity contribution in [3.8, 4) is 0 Å². The summed E-state index contributed by atoms with van der Waals surface area (Å²) in [6.07, 6.45) is 1.30. The van der Waals surface area contributed by atoms with Gasteiger partial charge >= 0.3 is 0 Å². The normalized spacial score (nSPS) is 32.1. The number of piperidine rings is 1. The minimum atomic E-state index is 0.365. The Morgan fingerprint density at radius 2 is 1.64 bits per heavy atom. The van der Waals surface area contributed by atoms with Gasteiger partial charge in [-0.1, -0.05) is 20.8 Å². The van der Waals surface area contributed by atoms with E-state index in [0.29, 0.717) is 17.0 Å². The Balaban J connectivity index is 2.85. The molecule has 1 aliphatic rings. The van der Waals surface area contributed by atoms with Crippen molar-refractivity contribution in [1.29, 1.82) is 0 Å². The predicted octanol–water partition coefficient (Wildman–Crippen LogP) is 3.54. The van der Waals surface area contributed by atoms with Gasteiger partial charge in [-0.15, -0.1) is 0 Å². The van der Waals surface area contributed by atoms with Gasteiger partial charge in [0.1, 0.15) is 0 Å². The molecule has 0 aromatic heterocycles. The Labute approximate surface area is 89.9 Å². The molecule has 1 heterocycles. The molecule has 0 aliphatic carbocycles. The summed E-state index contributed by atoms with van der Waals surface area (Å²) in [5, 5.41) is 0. The quantitative estimate of drug-likeness (QED) is 0.621. The molecule has 0 spiro atoms. The lowest BCUT2D eigenvalue weighted by molar-refractivity contribution is -0.0439. The van der Waals surface area contributed by atoms with Crippen LogP contribution in [0.1, 0.15) is 54.9 Å². The lowest BCUT2D eigenvalue weighted by Gasteiger charge is -2.54. The van der Waals surface area contributed by atoms with Crippen molar-refractivity contribution in [2.24, 2.45) is 11.3 Å². The second-order valence-corrected chi connectivity index (χ2v) is 6.62. The van der Waals surface area contributed by atoms with E-state index in [9.17, 15) is 0 Å². The highest BCUT2D eigenvalue weighted by molar-refractivity contribution is 4.97. The summed E-state index contributed by atoms with van der Waals surface area (Å²) in [6, 6.07) is 0.670. The summed E-state index contributed by atoms with van der Waals surface area (Å²) in [5.41, 5.74) is 0.860. The lowest BCUT2D eigenvalue weighted by Crippen LogP contribution is -2.58. The molecule has 1 nitrogen and oxygen atoms in total. The standard InChI is InChI=1S/C13H27N/c1-10(2)14-8-11(3)12(4,5)9-13(14,6)7/h10-11H,8-9H2,1-7H3. The van der Waals surface area contributed by atoms with Crippen LogP contribution in [0.15, 0.2) is 0 Å². The van der Waals surface area contributed by atoms with Gasteiger partial charge in [0.2, 0.25) is 0 Å². The van der Waals surface area contributed by atoms with E-state index in [1.54, 1.807) is 0 Å². The van der Waals surface area contributed by atoms with Gasteiger partial charge in [-0.05, 0) is 45.4 Å². The second-order valence-electron chi connectivity index (χ2n) is 6.62. The van der Waals surface area contributed by atoms with Crippen molar-refractivity contribution in [3.63, 3.8) is 0 Å². The molecular weight excluding hydrogens is 170 g/mol. The Morgan fingerprint density at radius 3 is 2.07 bits per heavy atom. The SMILES string of the molecule is CC(C)N1CC(C)C(C)(C)CC1(C)C. The van der Waals surface area contributed by atoms with Crippen LogP contribution in [0.3, 0.4) is 0 Å². The largest absolute Gasteiger partial charge is 0.296 e. The number of nitrogens with zero attached hydrogens (tertiary/aromatic N) is 1. The molecule has 1 fully saturated rings. The molecule has 0 aromatic rings. The van der Waals surface area contributed by atoms with E-state index in [-0.39, 0.29) is 0 Å². The molecule has 0 saturated carbocycles. The molecule has 1 heteroatoms. The van der Waals surface area contributed by atoms with Crippen LogP contribution in [0, 0.1) is 11.3 Å². The molecule has 1 aliphatic heterocycles. The van der Waals surface area contributed by atoms with E-state index in [0.717, 1.165) is 5.92 Å². The number of hydrogen-bond donors (Lipinski definition) is 0. The summed E-state index contributed by atoms with van der Waals surface area (Å²) in [4.78, 5) is 2.66. The zero-order valence-corrected chi connectivity index (χ0v) is 11.0. The third-order valence-electron chi connectivity index (χ3n) is 4.09. The van der Waals surface area contributed by atoms with Crippen LogP contribution in [0.2, 0.25) is 0 Å². The van der Waals surface area contributed by atoms with Gasteiger partial charge in [-0.3, -0.25) is 4.90 Å². The molecule has 0 aromatic carbocycles. The fourth-order valence-corrected chi connectivity index (χ4v) is 3.09. The molecule has 1 rings (SSSR count). The van der Waals surface area contributed by atoms with E-state index >= 15 is 0 Å². The van der Waals surface area contributed by atoms with E-state index in [2.05, 4.69) is 53.4 Å². The smallest absolute Gasteiger partial charge is 0.0161 e. The van der Waals surface area contributed by atoms with Gasteiger partial charge in [-0.2, -0.15) is 0 Å². The molecule has 1 atom stereocenters. The van der Waals surface area contributed by atoms with Crippen LogP contribution < -0.4 is 0 Å². The minimum Gasteiger partial charge on any atom is -0.296 e. The van der Waals surface area contributed by atoms with Crippen LogP contribution in [-0.4, -0.2) is 23.0 Å². The van der Waals surface area contributed by atoms with E-state index < -0.39 is 0 Å². The van der Waals surface area contributed by atoms with Gasteiger partial charge in [0.15, 0.2) is 0 Å². The second kappa shape index (κ2) is 3.52. The fourth-order valence-electron chi connectivity index (χ4n) is 3.09. The van der Waals surface area contributed by atoms with Crippen molar-refractivity contribution in [3.05, 3.63) is 0 Å². The van der Waals surface area contributed by atoms with Gasteiger partial charge in [0.05, 0.1) is 0 Å². The maximum Gasteiger partial charge on any atom is 0.0161 e. The molecule has 1 unspecified atom stereocenters. The first-order chi connectivity index (χ1) is 6.17. The van der Waals surface area contributed by atoms with Gasteiger partial charge in [0.25, 0.3) is 0 Å². The zero-order valence-electron chi connectivity index (χ0n) is 11.0. The summed E-state index contributed by atoms with van der Waals surface area (Å²) in [6.45, 7) is 17.9. The van der Waals surface area contributed by atoms with E-state index in [1.165, 1.54) is 13.0 Å². The monoisotopic (exact) mass is 197 g/mol. The molecule has 0 amide bonds. The van der Waals surface area contributed by atoms with Crippen LogP contribution in [0.4, 0.5) is 0 Å². The minimum absolute atomic E-state index is 0.365. The van der Waals surface area contributed by atoms with Crippen molar-refractivity contribution in [2.75, 3.05) is 6.54 Å². The summed E-state index contributed by atoms with van der Waals surface area (Å²) < 4.78 is 0. The molecule has 0 bridgehead atoms. The Morgan fingerprint density at radius 1 is 1.14 bits per heavy atom. The van der Waals surface area contributed by atoms with Crippen LogP contribution in [0.5, 0.6) is 0 Å². The van der Waals surface area contributed by atoms with Crippen LogP contribution in [0.25, 0.3) is 0 Å². The molecule has 0 N–H and O–H groups in total. The van der Waals surface area contributed by atoms with Crippen LogP contribution in [-0.2, 0) is 0 Å². The third-order valence-corrected chi connectivity index (χ3v) is 4.09. The van der Waals surface area contributed by atoms with E-state index in [4.69, 9.17) is 0 Å². The summed E-state index contributed by atoms with van der Waals surface area (Å²) in [7, 11) is 0. The van der Waals surface area contributed by atoms with Crippen molar-refractivity contribution in [2.45, 2.75) is 66.5 Å². The van der Waals surface area contributed by atoms with Gasteiger partial charge in [-0.25, -0.2) is 0 Å². The highest BCUT2D eigenvalue weighted by atomic mass is 15.2. The first kappa shape index (κ1) is 12.0. The molecule has 1 saturated heterocycles. The highest BCUT2D eigenvalue weighted by Crippen LogP contribution is 2.43. The molecule has 0 radical (unpaired) electrons. The first-order valence-electron chi connectivity index (χ1n) is 5.93. The Hall–Kier alpha value is -0.0400. The Bertz CT molecular complexity index is 203. The highest BCUT2D eigenvalue weighted by Gasteiger charge is 2.43. The van der Waals surface area contributed by atoms with Crippen LogP contribution >= 0.6 is 0 Å². The summed E-state index contributed by atoms with van der Waals surface area (Å²) >= 11 is 0. The van der Waals surface area contributed by atoms with Gasteiger partial charge < -0.3 is 0 Å². The Kier molecular flexibility index (Phi) is 3.02. The summed E-state index contributed by atoms with van der Waals surface area (Å²) in [5.74, 6) is 0.804. The first-order valence-corrected chi connectivity index (χ1v) is 5.93. The number of hydrogen-bond acceptors (Lipinski definition) is 1. The van der Waals surface area contributed by atoms with Gasteiger partial charge in [0, 0.05) is 18.1 Å². The van der Waals surface area contributed by atoms with Crippen molar-refractivity contribution in [1.82, 2.24) is 4.90 Å². The third kappa shape index (κ3) is 2.13. The van der Waals surface area contributed by atoms with Crippen molar-refractivity contribution < 1.29 is 0 Å². The maximum atomic E-state index is 2.66. The zero-order chi connectivity index (χ0) is 11.1. The maximum absolute atomic E-state index is 2.66. The fraction of sp³-hybridized carbons (Fsp3) is 1.00. The molecular formula is C13H27N. The number of rotatable bonds is 1. The average Bonchev–Trinajstić information content (AvgIpc) is 1.93. The predicted molar refractivity (Wildman–Crippen MR) is 63.5 cm³/mol. The van der Waals surface area contributed by atoms with E-state index in [1.807, 2.05) is 0 Å². The molecule has 14 heavy (non-hydrogen) atoms.